The van der Waals surface area contributed by atoms with E-state index in [-0.39, 0.29) is 58.6 Å². The molecule has 0 radical (unpaired) electrons. The molecule has 0 saturated heterocycles. The SMILES string of the molecule is CC(CNCC(F)(F)F)CC(=N)c1c(F)cc2c(=O)n(N)c(=O)n(C3CC3)c2c1Cl.Cl. The molecule has 31 heavy (non-hydrogen) atoms. The molecule has 1 aromatic heterocycles. The highest BCUT2D eigenvalue weighted by Crippen LogP contribution is 2.38. The number of aromatic nitrogens is 2. The third kappa shape index (κ3) is 5.21. The summed E-state index contributed by atoms with van der Waals surface area (Å²) in [7, 11) is 0. The van der Waals surface area contributed by atoms with Gasteiger partial charge in [0.2, 0.25) is 0 Å². The highest BCUT2D eigenvalue weighted by atomic mass is 35.5. The molecule has 1 aromatic carbocycles. The molecule has 7 nitrogen and oxygen atoms in total. The van der Waals surface area contributed by atoms with Crippen LogP contribution in [0.2, 0.25) is 5.02 Å². The summed E-state index contributed by atoms with van der Waals surface area (Å²) >= 11 is 6.37. The van der Waals surface area contributed by atoms with Crippen molar-refractivity contribution in [3.63, 3.8) is 0 Å². The number of halogens is 6. The number of rotatable bonds is 7. The molecule has 172 valence electrons. The van der Waals surface area contributed by atoms with Gasteiger partial charge in [0.05, 0.1) is 28.0 Å². The molecule has 0 spiro atoms. The van der Waals surface area contributed by atoms with Crippen molar-refractivity contribution in [3.05, 3.63) is 43.3 Å². The number of nitrogen functional groups attached to an aromatic ring is 1. The van der Waals surface area contributed by atoms with Crippen LogP contribution in [0.1, 0.15) is 37.8 Å². The molecule has 3 rings (SSSR count). The summed E-state index contributed by atoms with van der Waals surface area (Å²) in [6.07, 6.45) is -3.09. The van der Waals surface area contributed by atoms with Crippen LogP contribution in [0.25, 0.3) is 10.9 Å². The average molecular weight is 486 g/mol. The van der Waals surface area contributed by atoms with Crippen molar-refractivity contribution in [1.29, 1.82) is 5.41 Å². The second-order valence-corrected chi connectivity index (χ2v) is 7.91. The molecule has 1 fully saturated rings. The highest BCUT2D eigenvalue weighted by Gasteiger charge is 2.31. The number of nitrogens with two attached hydrogens (primary N) is 1. The van der Waals surface area contributed by atoms with Gasteiger partial charge in [0, 0.05) is 11.8 Å². The van der Waals surface area contributed by atoms with E-state index in [1.165, 1.54) is 4.57 Å². The van der Waals surface area contributed by atoms with Gasteiger partial charge in [0.25, 0.3) is 5.56 Å². The first-order chi connectivity index (χ1) is 13.9. The Balaban J connectivity index is 0.00000341. The number of benzene rings is 1. The summed E-state index contributed by atoms with van der Waals surface area (Å²) in [5.74, 6) is 4.17. The lowest BCUT2D eigenvalue weighted by atomic mass is 9.97. The first-order valence-corrected chi connectivity index (χ1v) is 9.59. The predicted molar refractivity (Wildman–Crippen MR) is 113 cm³/mol. The van der Waals surface area contributed by atoms with E-state index >= 15 is 0 Å². The third-order valence-corrected chi connectivity index (χ3v) is 5.25. The molecule has 1 atom stereocenters. The van der Waals surface area contributed by atoms with Gasteiger partial charge in [-0.3, -0.25) is 9.36 Å². The maximum Gasteiger partial charge on any atom is 0.401 e. The summed E-state index contributed by atoms with van der Waals surface area (Å²) in [4.78, 5) is 24.8. The zero-order chi connectivity index (χ0) is 22.4. The summed E-state index contributed by atoms with van der Waals surface area (Å²) in [6.45, 7) is 0.395. The van der Waals surface area contributed by atoms with E-state index in [9.17, 15) is 27.2 Å². The maximum atomic E-state index is 14.8. The number of alkyl halides is 3. The van der Waals surface area contributed by atoms with Gasteiger partial charge >= 0.3 is 11.9 Å². The zero-order valence-electron chi connectivity index (χ0n) is 16.4. The molecule has 1 heterocycles. The van der Waals surface area contributed by atoms with Crippen LogP contribution in [0.4, 0.5) is 17.6 Å². The normalized spacial score (nSPS) is 15.0. The Kier molecular flexibility index (Phi) is 7.44. The Morgan fingerprint density at radius 2 is 2.00 bits per heavy atom. The number of hydrogen-bond donors (Lipinski definition) is 3. The molecule has 0 aliphatic heterocycles. The van der Waals surface area contributed by atoms with Crippen LogP contribution in [0.5, 0.6) is 0 Å². The molecule has 4 N–H and O–H groups in total. The molecule has 0 amide bonds. The summed E-state index contributed by atoms with van der Waals surface area (Å²) in [5, 5.41) is 10.1. The Morgan fingerprint density at radius 3 is 2.55 bits per heavy atom. The lowest BCUT2D eigenvalue weighted by molar-refractivity contribution is -0.125. The van der Waals surface area contributed by atoms with Crippen LogP contribution >= 0.6 is 24.0 Å². The van der Waals surface area contributed by atoms with Crippen molar-refractivity contribution < 1.29 is 17.6 Å². The van der Waals surface area contributed by atoms with Gasteiger partial charge in [-0.25, -0.2) is 9.18 Å². The van der Waals surface area contributed by atoms with Crippen molar-refractivity contribution >= 4 is 40.6 Å². The minimum atomic E-state index is -4.36. The average Bonchev–Trinajstić information content (AvgIpc) is 3.44. The molecule has 2 aromatic rings. The number of fused-ring (bicyclic) bond motifs is 1. The van der Waals surface area contributed by atoms with Crippen molar-refractivity contribution in [2.45, 2.75) is 38.4 Å². The van der Waals surface area contributed by atoms with Gasteiger partial charge < -0.3 is 16.6 Å². The van der Waals surface area contributed by atoms with E-state index in [0.717, 1.165) is 6.07 Å². The largest absolute Gasteiger partial charge is 0.401 e. The molecule has 13 heteroatoms. The van der Waals surface area contributed by atoms with E-state index < -0.39 is 35.7 Å². The Morgan fingerprint density at radius 1 is 1.39 bits per heavy atom. The molecular formula is C18H21Cl2F4N5O2. The highest BCUT2D eigenvalue weighted by molar-refractivity contribution is 6.38. The maximum absolute atomic E-state index is 14.8. The fourth-order valence-electron chi connectivity index (χ4n) is 3.37. The number of nitrogens with one attached hydrogen (secondary N) is 2. The minimum Gasteiger partial charge on any atom is -0.332 e. The molecule has 1 unspecified atom stereocenters. The lowest BCUT2D eigenvalue weighted by Gasteiger charge is -2.18. The van der Waals surface area contributed by atoms with E-state index in [2.05, 4.69) is 5.32 Å². The number of hydrogen-bond acceptors (Lipinski definition) is 5. The molecular weight excluding hydrogens is 465 g/mol. The molecule has 1 aliphatic rings. The monoisotopic (exact) mass is 485 g/mol. The first kappa shape index (κ1) is 25.2. The zero-order valence-corrected chi connectivity index (χ0v) is 17.9. The van der Waals surface area contributed by atoms with Gasteiger partial charge in [0.1, 0.15) is 5.82 Å². The fourth-order valence-corrected chi connectivity index (χ4v) is 3.76. The van der Waals surface area contributed by atoms with Crippen LogP contribution in [0.15, 0.2) is 15.7 Å². The quantitative estimate of drug-likeness (QED) is 0.318. The van der Waals surface area contributed by atoms with Gasteiger partial charge in [-0.05, 0) is 37.8 Å². The lowest BCUT2D eigenvalue weighted by Crippen LogP contribution is -2.44. The summed E-state index contributed by atoms with van der Waals surface area (Å²) in [6, 6.07) is 0.660. The van der Waals surface area contributed by atoms with E-state index in [4.69, 9.17) is 22.9 Å². The Hall–Kier alpha value is -2.11. The van der Waals surface area contributed by atoms with Crippen LogP contribution in [-0.4, -0.2) is 34.2 Å². The van der Waals surface area contributed by atoms with Crippen LogP contribution in [-0.2, 0) is 0 Å². The van der Waals surface area contributed by atoms with Crippen LogP contribution in [0, 0.1) is 17.1 Å². The fraction of sp³-hybridized carbons (Fsp3) is 0.500. The molecule has 0 bridgehead atoms. The van der Waals surface area contributed by atoms with Crippen LogP contribution < -0.4 is 22.4 Å². The first-order valence-electron chi connectivity index (χ1n) is 9.22. The topological polar surface area (TPSA) is 106 Å². The van der Waals surface area contributed by atoms with Crippen molar-refractivity contribution in [2.75, 3.05) is 18.9 Å². The Labute approximate surface area is 185 Å². The third-order valence-electron chi connectivity index (χ3n) is 4.88. The second-order valence-electron chi connectivity index (χ2n) is 7.54. The summed E-state index contributed by atoms with van der Waals surface area (Å²) in [5.41, 5.74) is -2.21. The van der Waals surface area contributed by atoms with E-state index in [0.29, 0.717) is 17.5 Å². The molecule has 1 aliphatic carbocycles. The predicted octanol–water partition coefficient (Wildman–Crippen LogP) is 2.97. The second kappa shape index (κ2) is 9.17. The van der Waals surface area contributed by atoms with Crippen molar-refractivity contribution in [2.24, 2.45) is 5.92 Å². The van der Waals surface area contributed by atoms with E-state index in [1.807, 2.05) is 0 Å². The number of nitrogens with zero attached hydrogens (tertiary/aromatic N) is 2. The van der Waals surface area contributed by atoms with Crippen molar-refractivity contribution in [3.8, 4) is 0 Å². The van der Waals surface area contributed by atoms with Gasteiger partial charge in [-0.1, -0.05) is 18.5 Å². The van der Waals surface area contributed by atoms with E-state index in [1.54, 1.807) is 6.92 Å². The van der Waals surface area contributed by atoms with Gasteiger partial charge in [-0.2, -0.15) is 17.8 Å². The molecule has 1 saturated carbocycles. The standard InChI is InChI=1S/C18H20ClF4N5O2.ClH/c1-8(6-26-7-18(21,22)23)4-12(24)13-11(20)5-10-15(14(13)19)27(9-2-3-9)17(30)28(25)16(10)29;/h5,8-9,24,26H,2-4,6-7,25H2,1H3;1H. The van der Waals surface area contributed by atoms with Gasteiger partial charge in [-0.15, -0.1) is 12.4 Å². The minimum absolute atomic E-state index is 0. The smallest absolute Gasteiger partial charge is 0.332 e. The van der Waals surface area contributed by atoms with Crippen molar-refractivity contribution in [1.82, 2.24) is 14.6 Å². The Bertz CT molecular complexity index is 1130. The summed E-state index contributed by atoms with van der Waals surface area (Å²) < 4.78 is 53.2. The van der Waals surface area contributed by atoms with Gasteiger partial charge in [0.15, 0.2) is 0 Å². The van der Waals surface area contributed by atoms with Crippen LogP contribution in [0.3, 0.4) is 0 Å².